The molecule has 0 unspecified atom stereocenters. The summed E-state index contributed by atoms with van der Waals surface area (Å²) in [6.45, 7) is 0. The molecule has 0 aromatic rings. The lowest BCUT2D eigenvalue weighted by Crippen LogP contribution is -2.39. The predicted octanol–water partition coefficient (Wildman–Crippen LogP) is -0.971. The smallest absolute Gasteiger partial charge is 0.246 e. The highest BCUT2D eigenvalue weighted by atomic mass is 16.5. The quantitative estimate of drug-likeness (QED) is 0.354. The van der Waals surface area contributed by atoms with Gasteiger partial charge < -0.3 is 0 Å². The van der Waals surface area contributed by atoms with Gasteiger partial charge >= 0.3 is 0 Å². The maximum absolute atomic E-state index is 10.5. The van der Waals surface area contributed by atoms with Crippen molar-refractivity contribution in [3.05, 3.63) is 0 Å². The molecule has 1 rings (SSSR count). The Morgan fingerprint density at radius 1 is 1.33 bits per heavy atom. The minimum atomic E-state index is -0.387. The Labute approximate surface area is 51.2 Å². The third kappa shape index (κ3) is 0.914. The molecule has 0 bridgehead atoms. The summed E-state index contributed by atoms with van der Waals surface area (Å²) < 4.78 is 0. The van der Waals surface area contributed by atoms with Crippen LogP contribution in [-0.2, 0) is 9.59 Å². The van der Waals surface area contributed by atoms with Gasteiger partial charge in [0, 0.05) is 12.8 Å². The number of hydrogen-bond donors (Lipinski definition) is 2. The first kappa shape index (κ1) is 6.18. The topological polar surface area (TPSA) is 69.6 Å². The second-order valence-corrected chi connectivity index (χ2v) is 1.72. The maximum atomic E-state index is 10.5. The normalized spacial score (nSPS) is 19.4. The summed E-state index contributed by atoms with van der Waals surface area (Å²) in [7, 11) is 0. The fourth-order valence-corrected chi connectivity index (χ4v) is 0.688. The average molecular weight is 130 g/mol. The molecule has 1 fully saturated rings. The molecular weight excluding hydrogens is 124 g/mol. The minimum Gasteiger partial charge on any atom is -0.297 e. The van der Waals surface area contributed by atoms with Gasteiger partial charge in [0.2, 0.25) is 11.8 Å². The minimum absolute atomic E-state index is 0.187. The first-order valence-corrected chi connectivity index (χ1v) is 2.51. The van der Waals surface area contributed by atoms with Crippen LogP contribution in [0.2, 0.25) is 0 Å². The SMILES string of the molecule is O=C1CCC(=O)N1NO. The van der Waals surface area contributed by atoms with Crippen molar-refractivity contribution in [1.29, 1.82) is 0 Å². The van der Waals surface area contributed by atoms with E-state index in [4.69, 9.17) is 5.21 Å². The highest BCUT2D eigenvalue weighted by Crippen LogP contribution is 2.07. The monoisotopic (exact) mass is 130 g/mol. The standard InChI is InChI=1S/C4H6N2O3/c7-3-1-2-4(8)6(3)5-9/h5,9H,1-2H2. The molecule has 50 valence electrons. The molecule has 5 nitrogen and oxygen atoms in total. The summed E-state index contributed by atoms with van der Waals surface area (Å²) in [6.07, 6.45) is 0.374. The van der Waals surface area contributed by atoms with Crippen molar-refractivity contribution in [2.45, 2.75) is 12.8 Å². The largest absolute Gasteiger partial charge is 0.297 e. The van der Waals surface area contributed by atoms with E-state index in [1.54, 1.807) is 0 Å². The van der Waals surface area contributed by atoms with Gasteiger partial charge in [0.1, 0.15) is 0 Å². The summed E-state index contributed by atoms with van der Waals surface area (Å²) >= 11 is 0. The van der Waals surface area contributed by atoms with Gasteiger partial charge in [-0.15, -0.1) is 5.59 Å². The molecule has 9 heavy (non-hydrogen) atoms. The fourth-order valence-electron chi connectivity index (χ4n) is 0.688. The molecule has 2 N–H and O–H groups in total. The van der Waals surface area contributed by atoms with Gasteiger partial charge in [0.25, 0.3) is 0 Å². The van der Waals surface area contributed by atoms with Crippen LogP contribution in [0.3, 0.4) is 0 Å². The van der Waals surface area contributed by atoms with E-state index >= 15 is 0 Å². The van der Waals surface area contributed by atoms with Crippen LogP contribution in [-0.4, -0.2) is 22.0 Å². The summed E-state index contributed by atoms with van der Waals surface area (Å²) in [5.74, 6) is -0.773. The number of hydrazine groups is 1. The molecule has 0 aromatic carbocycles. The molecule has 0 saturated carbocycles. The molecule has 1 aliphatic heterocycles. The Bertz CT molecular complexity index is 140. The van der Waals surface area contributed by atoms with Crippen LogP contribution in [0.5, 0.6) is 0 Å². The van der Waals surface area contributed by atoms with Gasteiger partial charge in [-0.2, -0.15) is 5.01 Å². The van der Waals surface area contributed by atoms with Crippen LogP contribution in [0, 0.1) is 0 Å². The zero-order valence-electron chi connectivity index (χ0n) is 4.63. The summed E-state index contributed by atoms with van der Waals surface area (Å²) in [5.41, 5.74) is 1.50. The second kappa shape index (κ2) is 2.12. The van der Waals surface area contributed by atoms with E-state index in [-0.39, 0.29) is 24.7 Å². The summed E-state index contributed by atoms with van der Waals surface area (Å²) in [6, 6.07) is 0. The lowest BCUT2D eigenvalue weighted by molar-refractivity contribution is -0.152. The number of hydrogen-bond acceptors (Lipinski definition) is 4. The number of carbonyl (C=O) groups excluding carboxylic acids is 2. The molecular formula is C4H6N2O3. The molecule has 1 aliphatic rings. The number of nitrogens with one attached hydrogen (secondary N) is 1. The third-order valence-corrected chi connectivity index (χ3v) is 1.15. The molecule has 0 radical (unpaired) electrons. The number of nitrogens with zero attached hydrogens (tertiary/aromatic N) is 1. The Balaban J connectivity index is 2.66. The Morgan fingerprint density at radius 2 is 1.78 bits per heavy atom. The molecule has 5 heteroatoms. The number of imide groups is 1. The van der Waals surface area contributed by atoms with Crippen molar-refractivity contribution < 1.29 is 14.8 Å². The van der Waals surface area contributed by atoms with Crippen LogP contribution in [0.25, 0.3) is 0 Å². The van der Waals surface area contributed by atoms with Gasteiger partial charge in [-0.05, 0) is 0 Å². The summed E-state index contributed by atoms with van der Waals surface area (Å²) in [4.78, 5) is 21.0. The van der Waals surface area contributed by atoms with Crippen molar-refractivity contribution in [1.82, 2.24) is 10.6 Å². The van der Waals surface area contributed by atoms with E-state index in [2.05, 4.69) is 0 Å². The van der Waals surface area contributed by atoms with E-state index < -0.39 is 0 Å². The van der Waals surface area contributed by atoms with E-state index in [9.17, 15) is 9.59 Å². The van der Waals surface area contributed by atoms with Crippen molar-refractivity contribution in [2.24, 2.45) is 0 Å². The number of rotatable bonds is 1. The number of amides is 2. The maximum Gasteiger partial charge on any atom is 0.246 e. The lowest BCUT2D eigenvalue weighted by atomic mass is 10.4. The van der Waals surface area contributed by atoms with Crippen LogP contribution in [0.15, 0.2) is 0 Å². The second-order valence-electron chi connectivity index (χ2n) is 1.72. The zero-order chi connectivity index (χ0) is 6.85. The predicted molar refractivity (Wildman–Crippen MR) is 26.0 cm³/mol. The van der Waals surface area contributed by atoms with E-state index in [0.29, 0.717) is 5.01 Å². The molecule has 1 saturated heterocycles. The van der Waals surface area contributed by atoms with Gasteiger partial charge in [0.05, 0.1) is 0 Å². The molecule has 0 aromatic heterocycles. The Morgan fingerprint density at radius 3 is 2.00 bits per heavy atom. The average Bonchev–Trinajstić information content (AvgIpc) is 2.12. The van der Waals surface area contributed by atoms with Gasteiger partial charge in [-0.3, -0.25) is 14.8 Å². The molecule has 0 aliphatic carbocycles. The fraction of sp³-hybridized carbons (Fsp3) is 0.500. The molecule has 1 heterocycles. The first-order chi connectivity index (χ1) is 4.25. The summed E-state index contributed by atoms with van der Waals surface area (Å²) in [5, 5.41) is 8.74. The highest BCUT2D eigenvalue weighted by molar-refractivity contribution is 6.01. The molecule has 0 spiro atoms. The lowest BCUT2D eigenvalue weighted by Gasteiger charge is -2.07. The highest BCUT2D eigenvalue weighted by Gasteiger charge is 2.28. The first-order valence-electron chi connectivity index (χ1n) is 2.51. The van der Waals surface area contributed by atoms with Crippen LogP contribution in [0.1, 0.15) is 12.8 Å². The van der Waals surface area contributed by atoms with Crippen LogP contribution >= 0.6 is 0 Å². The van der Waals surface area contributed by atoms with Crippen LogP contribution in [0.4, 0.5) is 0 Å². The molecule has 2 amide bonds. The van der Waals surface area contributed by atoms with E-state index in [1.165, 1.54) is 5.59 Å². The van der Waals surface area contributed by atoms with Gasteiger partial charge in [0.15, 0.2) is 0 Å². The number of carbonyl (C=O) groups is 2. The third-order valence-electron chi connectivity index (χ3n) is 1.15. The Kier molecular flexibility index (Phi) is 1.46. The van der Waals surface area contributed by atoms with E-state index in [1.807, 2.05) is 0 Å². The van der Waals surface area contributed by atoms with Crippen molar-refractivity contribution in [3.63, 3.8) is 0 Å². The molecule has 0 atom stereocenters. The van der Waals surface area contributed by atoms with Crippen molar-refractivity contribution in [2.75, 3.05) is 0 Å². The van der Waals surface area contributed by atoms with Crippen molar-refractivity contribution in [3.8, 4) is 0 Å². The van der Waals surface area contributed by atoms with Gasteiger partial charge in [-0.1, -0.05) is 0 Å². The van der Waals surface area contributed by atoms with Crippen molar-refractivity contribution >= 4 is 11.8 Å². The van der Waals surface area contributed by atoms with Gasteiger partial charge in [-0.25, -0.2) is 0 Å². The van der Waals surface area contributed by atoms with E-state index in [0.717, 1.165) is 0 Å². The van der Waals surface area contributed by atoms with Crippen LogP contribution < -0.4 is 5.59 Å². The zero-order valence-corrected chi connectivity index (χ0v) is 4.63. The Hall–Kier alpha value is -0.940.